The van der Waals surface area contributed by atoms with Crippen LogP contribution < -0.4 is 10.9 Å². The molecule has 0 aliphatic rings. The van der Waals surface area contributed by atoms with Crippen LogP contribution in [0.4, 0.5) is 11.6 Å². The maximum atomic E-state index is 11.0. The van der Waals surface area contributed by atoms with Crippen molar-refractivity contribution in [3.63, 3.8) is 0 Å². The van der Waals surface area contributed by atoms with Crippen molar-refractivity contribution in [2.45, 2.75) is 0 Å². The average Bonchev–Trinajstić information content (AvgIpc) is 2.15. The average molecular weight is 256 g/mol. The Bertz CT molecular complexity index is 548. The number of halogens is 2. The van der Waals surface area contributed by atoms with E-state index in [1.807, 2.05) is 0 Å². The van der Waals surface area contributed by atoms with E-state index in [9.17, 15) is 4.79 Å². The summed E-state index contributed by atoms with van der Waals surface area (Å²) >= 11 is 11.7. The lowest BCUT2D eigenvalue weighted by Crippen LogP contribution is -2.08. The van der Waals surface area contributed by atoms with Crippen molar-refractivity contribution in [3.05, 3.63) is 50.9 Å². The molecule has 4 nitrogen and oxygen atoms in total. The molecule has 0 aliphatic heterocycles. The molecular weight excluding hydrogens is 249 g/mol. The van der Waals surface area contributed by atoms with Gasteiger partial charge >= 0.3 is 0 Å². The van der Waals surface area contributed by atoms with Crippen molar-refractivity contribution in [1.82, 2.24) is 9.97 Å². The van der Waals surface area contributed by atoms with Gasteiger partial charge in [0, 0.05) is 28.0 Å². The van der Waals surface area contributed by atoms with E-state index < -0.39 is 0 Å². The lowest BCUT2D eigenvalue weighted by molar-refractivity contribution is 1.12. The predicted octanol–water partition coefficient (Wildman–Crippen LogP) is 2.82. The molecular formula is C10H7Cl2N3O. The van der Waals surface area contributed by atoms with Crippen molar-refractivity contribution < 1.29 is 0 Å². The van der Waals surface area contributed by atoms with Crippen LogP contribution in [-0.4, -0.2) is 9.97 Å². The van der Waals surface area contributed by atoms with Gasteiger partial charge in [-0.25, -0.2) is 4.98 Å². The van der Waals surface area contributed by atoms with Gasteiger partial charge in [-0.2, -0.15) is 0 Å². The largest absolute Gasteiger partial charge is 0.326 e. The summed E-state index contributed by atoms with van der Waals surface area (Å²) < 4.78 is 0. The molecule has 0 fully saturated rings. The number of benzene rings is 1. The molecule has 0 unspecified atom stereocenters. The molecule has 82 valence electrons. The lowest BCUT2D eigenvalue weighted by atomic mass is 10.3. The first-order valence-corrected chi connectivity index (χ1v) is 5.17. The van der Waals surface area contributed by atoms with Gasteiger partial charge in [0.15, 0.2) is 0 Å². The molecule has 1 aromatic heterocycles. The lowest BCUT2D eigenvalue weighted by Gasteiger charge is -2.05. The second-order valence-corrected chi connectivity index (χ2v) is 3.94. The molecule has 1 aromatic carbocycles. The summed E-state index contributed by atoms with van der Waals surface area (Å²) in [6.45, 7) is 0. The Morgan fingerprint density at radius 3 is 2.50 bits per heavy atom. The summed E-state index contributed by atoms with van der Waals surface area (Å²) in [5.74, 6) is 0.339. The molecule has 0 atom stereocenters. The highest BCUT2D eigenvalue weighted by atomic mass is 35.5. The number of nitrogens with zero attached hydrogens (tertiary/aromatic N) is 1. The van der Waals surface area contributed by atoms with Gasteiger partial charge in [0.1, 0.15) is 0 Å². The van der Waals surface area contributed by atoms with Gasteiger partial charge in [-0.05, 0) is 18.2 Å². The Kier molecular flexibility index (Phi) is 3.12. The van der Waals surface area contributed by atoms with Gasteiger partial charge in [-0.3, -0.25) is 9.78 Å². The second-order valence-electron chi connectivity index (χ2n) is 3.07. The van der Waals surface area contributed by atoms with Crippen molar-refractivity contribution >= 4 is 34.8 Å². The molecule has 6 heteroatoms. The van der Waals surface area contributed by atoms with Gasteiger partial charge < -0.3 is 5.32 Å². The summed E-state index contributed by atoms with van der Waals surface area (Å²) in [5, 5.41) is 3.91. The number of aromatic nitrogens is 2. The fourth-order valence-electron chi connectivity index (χ4n) is 1.20. The van der Waals surface area contributed by atoms with Crippen LogP contribution in [0.5, 0.6) is 0 Å². The monoisotopic (exact) mass is 255 g/mol. The van der Waals surface area contributed by atoms with Gasteiger partial charge in [0.2, 0.25) is 5.95 Å². The zero-order valence-corrected chi connectivity index (χ0v) is 9.51. The van der Waals surface area contributed by atoms with Gasteiger partial charge in [-0.15, -0.1) is 0 Å². The quantitative estimate of drug-likeness (QED) is 0.868. The summed E-state index contributed by atoms with van der Waals surface area (Å²) in [4.78, 5) is 17.5. The van der Waals surface area contributed by atoms with Crippen LogP contribution in [0.2, 0.25) is 10.0 Å². The number of aromatic amines is 1. The Hall–Kier alpha value is -1.52. The molecule has 2 aromatic rings. The smallest absolute Gasteiger partial charge is 0.252 e. The minimum Gasteiger partial charge on any atom is -0.326 e. The minimum absolute atomic E-state index is 0.231. The Balaban J connectivity index is 2.30. The highest BCUT2D eigenvalue weighted by Gasteiger charge is 2.00. The van der Waals surface area contributed by atoms with Gasteiger partial charge in [0.05, 0.1) is 0 Å². The highest BCUT2D eigenvalue weighted by Crippen LogP contribution is 2.23. The van der Waals surface area contributed by atoms with Crippen LogP contribution in [0.25, 0.3) is 0 Å². The van der Waals surface area contributed by atoms with E-state index in [0.717, 1.165) is 0 Å². The van der Waals surface area contributed by atoms with Gasteiger partial charge in [-0.1, -0.05) is 23.2 Å². The van der Waals surface area contributed by atoms with E-state index in [2.05, 4.69) is 15.3 Å². The Morgan fingerprint density at radius 2 is 1.88 bits per heavy atom. The molecule has 0 radical (unpaired) electrons. The molecule has 16 heavy (non-hydrogen) atoms. The van der Waals surface area contributed by atoms with E-state index in [-0.39, 0.29) is 5.56 Å². The molecule has 0 saturated carbocycles. The zero-order valence-electron chi connectivity index (χ0n) is 8.00. The summed E-state index contributed by atoms with van der Waals surface area (Å²) in [6.07, 6.45) is 1.41. The normalized spacial score (nSPS) is 10.1. The predicted molar refractivity (Wildman–Crippen MR) is 64.6 cm³/mol. The van der Waals surface area contributed by atoms with Crippen molar-refractivity contribution in [2.24, 2.45) is 0 Å². The number of hydrogen-bond donors (Lipinski definition) is 2. The van der Waals surface area contributed by atoms with Crippen molar-refractivity contribution in [1.29, 1.82) is 0 Å². The van der Waals surface area contributed by atoms with E-state index in [4.69, 9.17) is 23.2 Å². The van der Waals surface area contributed by atoms with E-state index in [1.54, 1.807) is 18.2 Å². The maximum Gasteiger partial charge on any atom is 0.252 e. The standard InChI is InChI=1S/C10H7Cl2N3O/c11-6-3-7(12)5-8(4-6)14-10-13-2-1-9(16)15-10/h1-5H,(H2,13,14,15,16). The number of rotatable bonds is 2. The number of hydrogen-bond acceptors (Lipinski definition) is 3. The molecule has 0 aliphatic carbocycles. The molecule has 1 heterocycles. The molecule has 0 amide bonds. The SMILES string of the molecule is O=c1ccnc(Nc2cc(Cl)cc(Cl)c2)[nH]1. The maximum absolute atomic E-state index is 11.0. The third kappa shape index (κ3) is 2.74. The van der Waals surface area contributed by atoms with Crippen LogP contribution in [0.3, 0.4) is 0 Å². The summed E-state index contributed by atoms with van der Waals surface area (Å²) in [5.41, 5.74) is 0.428. The first-order valence-electron chi connectivity index (χ1n) is 4.42. The van der Waals surface area contributed by atoms with Crippen molar-refractivity contribution in [2.75, 3.05) is 5.32 Å². The molecule has 2 rings (SSSR count). The Labute approximate surface area is 101 Å². The van der Waals surface area contributed by atoms with Crippen molar-refractivity contribution in [3.8, 4) is 0 Å². The topological polar surface area (TPSA) is 57.8 Å². The fraction of sp³-hybridized carbons (Fsp3) is 0. The minimum atomic E-state index is -0.231. The number of anilines is 2. The van der Waals surface area contributed by atoms with E-state index >= 15 is 0 Å². The summed E-state index contributed by atoms with van der Waals surface area (Å²) in [6, 6.07) is 6.31. The first-order chi connectivity index (χ1) is 7.63. The molecule has 0 bridgehead atoms. The summed E-state index contributed by atoms with van der Waals surface area (Å²) in [7, 11) is 0. The highest BCUT2D eigenvalue weighted by molar-refractivity contribution is 6.35. The molecule has 2 N–H and O–H groups in total. The van der Waals surface area contributed by atoms with Gasteiger partial charge in [0.25, 0.3) is 5.56 Å². The number of H-pyrrole nitrogens is 1. The van der Waals surface area contributed by atoms with E-state index in [0.29, 0.717) is 21.7 Å². The van der Waals surface area contributed by atoms with Crippen LogP contribution >= 0.6 is 23.2 Å². The van der Waals surface area contributed by atoms with Crippen LogP contribution in [0.1, 0.15) is 0 Å². The third-order valence-electron chi connectivity index (χ3n) is 1.80. The number of nitrogens with one attached hydrogen (secondary N) is 2. The first kappa shape index (κ1) is 11.0. The fourth-order valence-corrected chi connectivity index (χ4v) is 1.72. The van der Waals surface area contributed by atoms with Crippen LogP contribution in [0, 0.1) is 0 Å². The zero-order chi connectivity index (χ0) is 11.5. The Morgan fingerprint density at radius 1 is 1.19 bits per heavy atom. The second kappa shape index (κ2) is 4.55. The van der Waals surface area contributed by atoms with Crippen LogP contribution in [-0.2, 0) is 0 Å². The third-order valence-corrected chi connectivity index (χ3v) is 2.23. The molecule has 0 spiro atoms. The van der Waals surface area contributed by atoms with Crippen LogP contribution in [0.15, 0.2) is 35.3 Å². The molecule has 0 saturated heterocycles. The van der Waals surface area contributed by atoms with E-state index in [1.165, 1.54) is 12.3 Å².